The third kappa shape index (κ3) is 2.50. The summed E-state index contributed by atoms with van der Waals surface area (Å²) >= 11 is 0. The van der Waals surface area contributed by atoms with Crippen LogP contribution < -0.4 is 5.32 Å². The molecule has 0 radical (unpaired) electrons. The number of nitrogens with one attached hydrogen (secondary N) is 1. The van der Waals surface area contributed by atoms with Gasteiger partial charge in [-0.1, -0.05) is 25.0 Å². The Morgan fingerprint density at radius 2 is 2.05 bits per heavy atom. The normalized spacial score (nSPS) is 18.0. The van der Waals surface area contributed by atoms with Gasteiger partial charge in [0.05, 0.1) is 0 Å². The number of benzene rings is 1. The fourth-order valence-electron chi connectivity index (χ4n) is 3.35. The summed E-state index contributed by atoms with van der Waals surface area (Å²) in [5.41, 5.74) is 3.40. The summed E-state index contributed by atoms with van der Waals surface area (Å²) in [6, 6.07) is 6.51. The molecule has 2 aliphatic rings. The van der Waals surface area contributed by atoms with Crippen molar-refractivity contribution in [2.45, 2.75) is 44.8 Å². The Morgan fingerprint density at radius 1 is 1.30 bits per heavy atom. The van der Waals surface area contributed by atoms with Crippen molar-refractivity contribution in [2.75, 3.05) is 6.54 Å². The zero-order valence-electron chi connectivity index (χ0n) is 11.9. The molecular weight excluding hydrogens is 248 g/mol. The topological polar surface area (TPSA) is 32.3 Å². The molecule has 0 atom stereocenters. The highest BCUT2D eigenvalue weighted by molar-refractivity contribution is 5.95. The standard InChI is InChI=1S/C17H22N2O/c1-2-9-19(16-5-3-4-6-16)17(20)13-7-8-14-11-18-12-15(14)10-13/h2,7-8,10,16,18H,1,3-6,9,11-12H2. The van der Waals surface area contributed by atoms with Gasteiger partial charge < -0.3 is 10.2 Å². The van der Waals surface area contributed by atoms with Gasteiger partial charge in [-0.25, -0.2) is 0 Å². The Bertz CT molecular complexity index is 518. The number of hydrogen-bond donors (Lipinski definition) is 1. The molecule has 0 aromatic heterocycles. The molecule has 0 bridgehead atoms. The lowest BCUT2D eigenvalue weighted by atomic mass is 10.0. The van der Waals surface area contributed by atoms with Gasteiger partial charge in [0, 0.05) is 31.2 Å². The van der Waals surface area contributed by atoms with Crippen molar-refractivity contribution in [3.63, 3.8) is 0 Å². The maximum absolute atomic E-state index is 12.8. The van der Waals surface area contributed by atoms with E-state index in [2.05, 4.69) is 24.0 Å². The summed E-state index contributed by atoms with van der Waals surface area (Å²) in [5.74, 6) is 0.159. The number of fused-ring (bicyclic) bond motifs is 1. The molecule has 1 N–H and O–H groups in total. The van der Waals surface area contributed by atoms with E-state index < -0.39 is 0 Å². The number of rotatable bonds is 4. The SMILES string of the molecule is C=CCN(C(=O)c1ccc2c(c1)CNC2)C1CCCC1. The van der Waals surface area contributed by atoms with Crippen molar-refractivity contribution in [3.8, 4) is 0 Å². The molecule has 1 aliphatic heterocycles. The van der Waals surface area contributed by atoms with Crippen molar-refractivity contribution in [1.29, 1.82) is 0 Å². The first kappa shape index (κ1) is 13.4. The van der Waals surface area contributed by atoms with Gasteiger partial charge in [-0.15, -0.1) is 6.58 Å². The largest absolute Gasteiger partial charge is 0.332 e. The van der Waals surface area contributed by atoms with Crippen LogP contribution in [0, 0.1) is 0 Å². The Balaban J connectivity index is 1.83. The van der Waals surface area contributed by atoms with Crippen LogP contribution in [0.25, 0.3) is 0 Å². The van der Waals surface area contributed by atoms with E-state index in [1.54, 1.807) is 0 Å². The molecular formula is C17H22N2O. The summed E-state index contributed by atoms with van der Waals surface area (Å²) in [5, 5.41) is 3.32. The summed E-state index contributed by atoms with van der Waals surface area (Å²) in [4.78, 5) is 14.8. The zero-order chi connectivity index (χ0) is 13.9. The minimum atomic E-state index is 0.159. The molecule has 1 amide bonds. The second-order valence-corrected chi connectivity index (χ2v) is 5.77. The average Bonchev–Trinajstić information content (AvgIpc) is 3.13. The molecule has 1 saturated carbocycles. The van der Waals surface area contributed by atoms with E-state index in [0.717, 1.165) is 31.5 Å². The zero-order valence-corrected chi connectivity index (χ0v) is 11.9. The molecule has 0 spiro atoms. The number of nitrogens with zero attached hydrogens (tertiary/aromatic N) is 1. The van der Waals surface area contributed by atoms with Gasteiger partial charge >= 0.3 is 0 Å². The number of amides is 1. The summed E-state index contributed by atoms with van der Waals surface area (Å²) < 4.78 is 0. The molecule has 1 aliphatic carbocycles. The number of hydrogen-bond acceptors (Lipinski definition) is 2. The van der Waals surface area contributed by atoms with Gasteiger partial charge in [0.1, 0.15) is 0 Å². The van der Waals surface area contributed by atoms with E-state index in [0.29, 0.717) is 12.6 Å². The van der Waals surface area contributed by atoms with Crippen LogP contribution in [0.4, 0.5) is 0 Å². The van der Waals surface area contributed by atoms with Crippen LogP contribution in [0.15, 0.2) is 30.9 Å². The van der Waals surface area contributed by atoms with Crippen LogP contribution in [0.1, 0.15) is 47.2 Å². The van der Waals surface area contributed by atoms with E-state index >= 15 is 0 Å². The van der Waals surface area contributed by atoms with Crippen LogP contribution in [0.5, 0.6) is 0 Å². The molecule has 1 aromatic carbocycles. The van der Waals surface area contributed by atoms with Gasteiger partial charge in [0.2, 0.25) is 0 Å². The number of carbonyl (C=O) groups is 1. The minimum Gasteiger partial charge on any atom is -0.332 e. The second-order valence-electron chi connectivity index (χ2n) is 5.77. The van der Waals surface area contributed by atoms with Crippen molar-refractivity contribution in [1.82, 2.24) is 10.2 Å². The monoisotopic (exact) mass is 270 g/mol. The first-order chi connectivity index (χ1) is 9.79. The maximum Gasteiger partial charge on any atom is 0.254 e. The number of carbonyl (C=O) groups excluding carboxylic acids is 1. The fraction of sp³-hybridized carbons (Fsp3) is 0.471. The average molecular weight is 270 g/mol. The van der Waals surface area contributed by atoms with E-state index in [1.165, 1.54) is 24.0 Å². The van der Waals surface area contributed by atoms with Gasteiger partial charge in [-0.05, 0) is 36.1 Å². The molecule has 0 unspecified atom stereocenters. The Hall–Kier alpha value is -1.61. The van der Waals surface area contributed by atoms with Crippen LogP contribution in [-0.4, -0.2) is 23.4 Å². The first-order valence-corrected chi connectivity index (χ1v) is 7.54. The van der Waals surface area contributed by atoms with E-state index in [-0.39, 0.29) is 5.91 Å². The van der Waals surface area contributed by atoms with Crippen LogP contribution in [0.2, 0.25) is 0 Å². The van der Waals surface area contributed by atoms with E-state index in [9.17, 15) is 4.79 Å². The lowest BCUT2D eigenvalue weighted by molar-refractivity contribution is 0.0706. The Labute approximate surface area is 120 Å². The molecule has 3 heteroatoms. The third-order valence-corrected chi connectivity index (χ3v) is 4.44. The summed E-state index contributed by atoms with van der Waals surface area (Å²) in [6.45, 7) is 6.25. The van der Waals surface area contributed by atoms with Gasteiger partial charge in [0.25, 0.3) is 5.91 Å². The summed E-state index contributed by atoms with van der Waals surface area (Å²) in [7, 11) is 0. The predicted molar refractivity (Wildman–Crippen MR) is 80.5 cm³/mol. The fourth-order valence-corrected chi connectivity index (χ4v) is 3.35. The summed E-state index contributed by atoms with van der Waals surface area (Å²) in [6.07, 6.45) is 6.57. The lowest BCUT2D eigenvalue weighted by Gasteiger charge is -2.28. The van der Waals surface area contributed by atoms with Gasteiger partial charge in [0.15, 0.2) is 0 Å². The van der Waals surface area contributed by atoms with Crippen LogP contribution >= 0.6 is 0 Å². The van der Waals surface area contributed by atoms with Crippen molar-refractivity contribution in [3.05, 3.63) is 47.5 Å². The first-order valence-electron chi connectivity index (χ1n) is 7.54. The third-order valence-electron chi connectivity index (χ3n) is 4.44. The van der Waals surface area contributed by atoms with E-state index in [1.807, 2.05) is 17.0 Å². The highest BCUT2D eigenvalue weighted by Crippen LogP contribution is 2.26. The quantitative estimate of drug-likeness (QED) is 0.853. The van der Waals surface area contributed by atoms with Gasteiger partial charge in [-0.3, -0.25) is 4.79 Å². The molecule has 20 heavy (non-hydrogen) atoms. The van der Waals surface area contributed by atoms with Crippen molar-refractivity contribution >= 4 is 5.91 Å². The highest BCUT2D eigenvalue weighted by atomic mass is 16.2. The molecule has 3 nitrogen and oxygen atoms in total. The van der Waals surface area contributed by atoms with Crippen LogP contribution in [-0.2, 0) is 13.1 Å². The molecule has 3 rings (SSSR count). The van der Waals surface area contributed by atoms with Crippen molar-refractivity contribution < 1.29 is 4.79 Å². The second kappa shape index (κ2) is 5.80. The highest BCUT2D eigenvalue weighted by Gasteiger charge is 2.27. The van der Waals surface area contributed by atoms with Crippen molar-refractivity contribution in [2.24, 2.45) is 0 Å². The molecule has 0 saturated heterocycles. The lowest BCUT2D eigenvalue weighted by Crippen LogP contribution is -2.39. The molecule has 1 heterocycles. The smallest absolute Gasteiger partial charge is 0.254 e. The predicted octanol–water partition coefficient (Wildman–Crippen LogP) is 2.86. The molecule has 1 fully saturated rings. The minimum absolute atomic E-state index is 0.159. The molecule has 106 valence electrons. The van der Waals surface area contributed by atoms with Crippen LogP contribution in [0.3, 0.4) is 0 Å². The Morgan fingerprint density at radius 3 is 2.80 bits per heavy atom. The Kier molecular flexibility index (Phi) is 3.88. The van der Waals surface area contributed by atoms with E-state index in [4.69, 9.17) is 0 Å². The van der Waals surface area contributed by atoms with Gasteiger partial charge in [-0.2, -0.15) is 0 Å². The maximum atomic E-state index is 12.8. The molecule has 1 aromatic rings.